The number of hydrogen-bond donors (Lipinski definition) is 3. The highest BCUT2D eigenvalue weighted by Gasteiger charge is 2.11. The van der Waals surface area contributed by atoms with Gasteiger partial charge in [-0.15, -0.1) is 0 Å². The van der Waals surface area contributed by atoms with Gasteiger partial charge in [0.15, 0.2) is 0 Å². The zero-order chi connectivity index (χ0) is 14.5. The summed E-state index contributed by atoms with van der Waals surface area (Å²) in [6.07, 6.45) is 0. The van der Waals surface area contributed by atoms with Gasteiger partial charge < -0.3 is 10.6 Å². The third-order valence-electron chi connectivity index (χ3n) is 2.28. The molecule has 0 radical (unpaired) electrons. The van der Waals surface area contributed by atoms with E-state index in [-0.39, 0.29) is 17.5 Å². The molecule has 1 amide bonds. The number of hydrogen-bond acceptors (Lipinski definition) is 5. The predicted octanol–water partition coefficient (Wildman–Crippen LogP) is 0.0557. The van der Waals surface area contributed by atoms with Crippen LogP contribution in [0.5, 0.6) is 0 Å². The van der Waals surface area contributed by atoms with Crippen molar-refractivity contribution in [3.63, 3.8) is 0 Å². The van der Waals surface area contributed by atoms with Gasteiger partial charge in [-0.2, -0.15) is 0 Å². The van der Waals surface area contributed by atoms with E-state index in [9.17, 15) is 13.2 Å². The Morgan fingerprint density at radius 3 is 2.63 bits per heavy atom. The standard InChI is InChI=1S/C10H15ClN4O3S/c1-12-9-6-7(5-8(11)15-9)10(16)14-3-4-19(17,18)13-2/h5-6,13H,3-4H2,1-2H3,(H,12,15)(H,14,16). The van der Waals surface area contributed by atoms with E-state index in [1.54, 1.807) is 7.05 Å². The molecule has 7 nitrogen and oxygen atoms in total. The van der Waals surface area contributed by atoms with Gasteiger partial charge in [-0.1, -0.05) is 11.6 Å². The van der Waals surface area contributed by atoms with Gasteiger partial charge in [-0.3, -0.25) is 4.79 Å². The van der Waals surface area contributed by atoms with Crippen molar-refractivity contribution in [2.75, 3.05) is 31.7 Å². The molecule has 0 saturated carbocycles. The fraction of sp³-hybridized carbons (Fsp3) is 0.400. The van der Waals surface area contributed by atoms with Gasteiger partial charge in [0.25, 0.3) is 5.91 Å². The maximum Gasteiger partial charge on any atom is 0.251 e. The van der Waals surface area contributed by atoms with Crippen molar-refractivity contribution in [1.29, 1.82) is 0 Å². The minimum Gasteiger partial charge on any atom is -0.373 e. The summed E-state index contributed by atoms with van der Waals surface area (Å²) in [6.45, 7) is 0.0107. The fourth-order valence-electron chi connectivity index (χ4n) is 1.26. The van der Waals surface area contributed by atoms with Gasteiger partial charge >= 0.3 is 0 Å². The van der Waals surface area contributed by atoms with Crippen molar-refractivity contribution in [2.45, 2.75) is 0 Å². The molecule has 106 valence electrons. The van der Waals surface area contributed by atoms with E-state index in [1.807, 2.05) is 0 Å². The third-order valence-corrected chi connectivity index (χ3v) is 3.84. The molecule has 3 N–H and O–H groups in total. The average Bonchev–Trinajstić information content (AvgIpc) is 2.37. The lowest BCUT2D eigenvalue weighted by molar-refractivity contribution is 0.0956. The molecule has 0 unspecified atom stereocenters. The summed E-state index contributed by atoms with van der Waals surface area (Å²) in [5.41, 5.74) is 0.311. The number of aromatic nitrogens is 1. The molecule has 1 aromatic heterocycles. The van der Waals surface area contributed by atoms with Crippen molar-refractivity contribution >= 4 is 33.3 Å². The summed E-state index contributed by atoms with van der Waals surface area (Å²) in [6, 6.07) is 2.93. The first-order valence-corrected chi connectivity index (χ1v) is 7.45. The number of rotatable bonds is 6. The van der Waals surface area contributed by atoms with Crippen LogP contribution in [0, 0.1) is 0 Å². The van der Waals surface area contributed by atoms with Crippen molar-refractivity contribution in [1.82, 2.24) is 15.0 Å². The molecule has 1 aromatic rings. The van der Waals surface area contributed by atoms with Gasteiger partial charge in [0, 0.05) is 19.2 Å². The molecule has 0 atom stereocenters. The van der Waals surface area contributed by atoms with Crippen molar-refractivity contribution in [2.24, 2.45) is 0 Å². The highest BCUT2D eigenvalue weighted by molar-refractivity contribution is 7.89. The minimum atomic E-state index is -3.33. The number of sulfonamides is 1. The maximum absolute atomic E-state index is 11.8. The van der Waals surface area contributed by atoms with Crippen LogP contribution in [0.3, 0.4) is 0 Å². The van der Waals surface area contributed by atoms with Gasteiger partial charge in [-0.05, 0) is 19.2 Å². The summed E-state index contributed by atoms with van der Waals surface area (Å²) in [7, 11) is -0.363. The molecule has 9 heteroatoms. The van der Waals surface area contributed by atoms with Crippen LogP contribution in [0.15, 0.2) is 12.1 Å². The molecule has 0 saturated heterocycles. The van der Waals surface area contributed by atoms with E-state index in [0.29, 0.717) is 11.4 Å². The van der Waals surface area contributed by atoms with E-state index < -0.39 is 15.9 Å². The Bertz CT molecular complexity index is 562. The molecule has 0 fully saturated rings. The summed E-state index contributed by atoms with van der Waals surface area (Å²) in [5.74, 6) is -0.139. The number of anilines is 1. The Morgan fingerprint density at radius 2 is 2.05 bits per heavy atom. The smallest absolute Gasteiger partial charge is 0.251 e. The monoisotopic (exact) mass is 306 g/mol. The second kappa shape index (κ2) is 6.69. The zero-order valence-electron chi connectivity index (χ0n) is 10.5. The van der Waals surface area contributed by atoms with E-state index in [4.69, 9.17) is 11.6 Å². The van der Waals surface area contributed by atoms with Crippen LogP contribution < -0.4 is 15.4 Å². The van der Waals surface area contributed by atoms with Crippen molar-refractivity contribution < 1.29 is 13.2 Å². The number of halogens is 1. The zero-order valence-corrected chi connectivity index (χ0v) is 12.1. The van der Waals surface area contributed by atoms with Crippen molar-refractivity contribution in [3.8, 4) is 0 Å². The van der Waals surface area contributed by atoms with Gasteiger partial charge in [0.1, 0.15) is 11.0 Å². The summed E-state index contributed by atoms with van der Waals surface area (Å²) in [4.78, 5) is 15.7. The topological polar surface area (TPSA) is 100 Å². The lowest BCUT2D eigenvalue weighted by atomic mass is 10.2. The first kappa shape index (κ1) is 15.7. The molecule has 0 aliphatic rings. The predicted molar refractivity (Wildman–Crippen MR) is 74.0 cm³/mol. The molecule has 0 aliphatic heterocycles. The Kier molecular flexibility index (Phi) is 5.52. The van der Waals surface area contributed by atoms with Crippen LogP contribution in [0.4, 0.5) is 5.82 Å². The van der Waals surface area contributed by atoms with Crippen LogP contribution in [0.25, 0.3) is 0 Å². The second-order valence-electron chi connectivity index (χ2n) is 3.59. The molecule has 0 bridgehead atoms. The van der Waals surface area contributed by atoms with Crippen LogP contribution in [0.2, 0.25) is 5.15 Å². The molecule has 1 rings (SSSR count). The van der Waals surface area contributed by atoms with Crippen LogP contribution in [-0.2, 0) is 10.0 Å². The molecular formula is C10H15ClN4O3S. The Hall–Kier alpha value is -1.38. The molecule has 19 heavy (non-hydrogen) atoms. The number of pyridine rings is 1. The highest BCUT2D eigenvalue weighted by Crippen LogP contribution is 2.13. The molecule has 0 spiro atoms. The first-order valence-electron chi connectivity index (χ1n) is 5.42. The van der Waals surface area contributed by atoms with Crippen LogP contribution in [-0.4, -0.2) is 45.7 Å². The number of nitrogens with zero attached hydrogens (tertiary/aromatic N) is 1. The van der Waals surface area contributed by atoms with Gasteiger partial charge in [-0.25, -0.2) is 18.1 Å². The summed E-state index contributed by atoms with van der Waals surface area (Å²) < 4.78 is 24.5. The Morgan fingerprint density at radius 1 is 1.37 bits per heavy atom. The normalized spacial score (nSPS) is 11.1. The number of nitrogens with one attached hydrogen (secondary N) is 3. The third kappa shape index (κ3) is 5.01. The molecule has 0 aliphatic carbocycles. The maximum atomic E-state index is 11.8. The van der Waals surface area contributed by atoms with Gasteiger partial charge in [0.05, 0.1) is 5.75 Å². The van der Waals surface area contributed by atoms with Crippen molar-refractivity contribution in [3.05, 3.63) is 22.8 Å². The highest BCUT2D eigenvalue weighted by atomic mass is 35.5. The summed E-state index contributed by atoms with van der Waals surface area (Å²) in [5, 5.41) is 5.45. The van der Waals surface area contributed by atoms with E-state index >= 15 is 0 Å². The first-order chi connectivity index (χ1) is 8.88. The largest absolute Gasteiger partial charge is 0.373 e. The van der Waals surface area contributed by atoms with Crippen LogP contribution in [0.1, 0.15) is 10.4 Å². The van der Waals surface area contributed by atoms with Crippen LogP contribution >= 0.6 is 11.6 Å². The average molecular weight is 307 g/mol. The molecule has 1 heterocycles. The summed E-state index contributed by atoms with van der Waals surface area (Å²) >= 11 is 5.76. The molecule has 0 aromatic carbocycles. The number of carbonyl (C=O) groups excluding carboxylic acids is 1. The lowest BCUT2D eigenvalue weighted by Crippen LogP contribution is -2.33. The Labute approximate surface area is 116 Å². The van der Waals surface area contributed by atoms with E-state index in [0.717, 1.165) is 0 Å². The van der Waals surface area contributed by atoms with Gasteiger partial charge in [0.2, 0.25) is 10.0 Å². The molecular weight excluding hydrogens is 292 g/mol. The minimum absolute atomic E-state index is 0.0107. The fourth-order valence-corrected chi connectivity index (χ4v) is 2.04. The number of amides is 1. The Balaban J connectivity index is 2.66. The number of carbonyl (C=O) groups is 1. The quantitative estimate of drug-likeness (QED) is 0.645. The van der Waals surface area contributed by atoms with E-state index in [2.05, 4.69) is 20.3 Å². The van der Waals surface area contributed by atoms with E-state index in [1.165, 1.54) is 19.2 Å². The second-order valence-corrected chi connectivity index (χ2v) is 6.03. The lowest BCUT2D eigenvalue weighted by Gasteiger charge is -2.07. The SMILES string of the molecule is CNc1cc(C(=O)NCCS(=O)(=O)NC)cc(Cl)n1.